The fraction of sp³-hybridized carbons (Fsp3) is 0.481. The Bertz CT molecular complexity index is 1310. The van der Waals surface area contributed by atoms with Crippen molar-refractivity contribution in [2.45, 2.75) is 65.1 Å². The second kappa shape index (κ2) is 11.6. The molecule has 8 nitrogen and oxygen atoms in total. The van der Waals surface area contributed by atoms with Crippen molar-refractivity contribution in [3.05, 3.63) is 62.2 Å². The number of piperidine rings is 1. The predicted octanol–water partition coefficient (Wildman–Crippen LogP) is 6.02. The number of rotatable bonds is 5. The number of benzene rings is 1. The highest BCUT2D eigenvalue weighted by atomic mass is 35.5. The predicted molar refractivity (Wildman–Crippen MR) is 145 cm³/mol. The van der Waals surface area contributed by atoms with E-state index >= 15 is 0 Å². The van der Waals surface area contributed by atoms with Gasteiger partial charge in [0.05, 0.1) is 17.2 Å². The number of likely N-dealkylation sites (tertiary alicyclic amines) is 1. The summed E-state index contributed by atoms with van der Waals surface area (Å²) in [7, 11) is 0. The Morgan fingerprint density at radius 3 is 2.64 bits per heavy atom. The molecule has 210 valence electrons. The van der Waals surface area contributed by atoms with Gasteiger partial charge in [0.25, 0.3) is 0 Å². The van der Waals surface area contributed by atoms with Gasteiger partial charge < -0.3 is 19.7 Å². The van der Waals surface area contributed by atoms with Crippen molar-refractivity contribution in [3.63, 3.8) is 0 Å². The van der Waals surface area contributed by atoms with Crippen molar-refractivity contribution < 1.29 is 27.8 Å². The van der Waals surface area contributed by atoms with E-state index in [1.807, 2.05) is 27.7 Å². The molecule has 2 aliphatic rings. The molecule has 2 aromatic rings. The number of aliphatic imine (C=N–C) groups is 1. The van der Waals surface area contributed by atoms with Gasteiger partial charge in [0.2, 0.25) is 0 Å². The van der Waals surface area contributed by atoms with Gasteiger partial charge in [0.1, 0.15) is 11.6 Å². The number of ether oxygens (including phenoxy) is 2. The summed E-state index contributed by atoms with van der Waals surface area (Å²) in [5.74, 6) is -2.80. The highest BCUT2D eigenvalue weighted by Gasteiger charge is 2.40. The zero-order chi connectivity index (χ0) is 28.5. The van der Waals surface area contributed by atoms with Crippen LogP contribution in [0.2, 0.25) is 5.02 Å². The number of hydrogen-bond donors (Lipinski definition) is 1. The smallest absolute Gasteiger partial charge is 0.410 e. The first-order valence-electron chi connectivity index (χ1n) is 12.7. The Kier molecular flexibility index (Phi) is 8.60. The third-order valence-corrected chi connectivity index (χ3v) is 7.64. The fourth-order valence-corrected chi connectivity index (χ4v) is 5.62. The number of aromatic nitrogens is 1. The van der Waals surface area contributed by atoms with Crippen molar-refractivity contribution in [2.75, 3.05) is 13.2 Å². The molecule has 1 aromatic heterocycles. The summed E-state index contributed by atoms with van der Waals surface area (Å²) >= 11 is 7.60. The van der Waals surface area contributed by atoms with Crippen LogP contribution in [0.1, 0.15) is 64.1 Å². The van der Waals surface area contributed by atoms with Crippen LogP contribution in [-0.2, 0) is 14.3 Å². The molecule has 12 heteroatoms. The van der Waals surface area contributed by atoms with Gasteiger partial charge in [0, 0.05) is 41.3 Å². The monoisotopic (exact) mass is 580 g/mol. The molecule has 39 heavy (non-hydrogen) atoms. The number of carbonyl (C=O) groups is 2. The van der Waals surface area contributed by atoms with Gasteiger partial charge in [-0.15, -0.1) is 11.3 Å². The van der Waals surface area contributed by atoms with Crippen LogP contribution in [-0.4, -0.2) is 52.6 Å². The van der Waals surface area contributed by atoms with Crippen LogP contribution in [0.5, 0.6) is 0 Å². The zero-order valence-corrected chi connectivity index (χ0v) is 24.0. The lowest BCUT2D eigenvalue weighted by atomic mass is 9.83. The average Bonchev–Trinajstić information content (AvgIpc) is 3.41. The number of nitrogens with zero attached hydrogens (tertiary/aromatic N) is 3. The van der Waals surface area contributed by atoms with Crippen LogP contribution in [0.3, 0.4) is 0 Å². The number of thiazole rings is 1. The van der Waals surface area contributed by atoms with Gasteiger partial charge in [-0.25, -0.2) is 23.4 Å². The van der Waals surface area contributed by atoms with E-state index in [9.17, 15) is 18.4 Å². The highest BCUT2D eigenvalue weighted by molar-refractivity contribution is 7.11. The summed E-state index contributed by atoms with van der Waals surface area (Å²) in [6, 6.07) is 1.01. The number of amides is 1. The Labute approximate surface area is 235 Å². The molecule has 1 amide bonds. The summed E-state index contributed by atoms with van der Waals surface area (Å²) < 4.78 is 39.5. The van der Waals surface area contributed by atoms with E-state index in [1.165, 1.54) is 17.4 Å². The molecular formula is C27H31ClF2N4O4S. The number of allylic oxidation sites excluding steroid dienone is 1. The lowest BCUT2D eigenvalue weighted by molar-refractivity contribution is -0.139. The van der Waals surface area contributed by atoms with E-state index < -0.39 is 40.4 Å². The molecular weight excluding hydrogens is 550 g/mol. The molecule has 3 unspecified atom stereocenters. The molecule has 3 heterocycles. The molecule has 0 radical (unpaired) electrons. The second-order valence-corrected chi connectivity index (χ2v) is 11.7. The number of hydrogen-bond acceptors (Lipinski definition) is 8. The number of esters is 1. The first kappa shape index (κ1) is 28.9. The average molecular weight is 581 g/mol. The van der Waals surface area contributed by atoms with E-state index in [2.05, 4.69) is 10.3 Å². The van der Waals surface area contributed by atoms with Crippen LogP contribution in [0.25, 0.3) is 0 Å². The van der Waals surface area contributed by atoms with E-state index in [1.54, 1.807) is 23.4 Å². The number of halogens is 3. The van der Waals surface area contributed by atoms with E-state index in [4.69, 9.17) is 26.1 Å². The summed E-state index contributed by atoms with van der Waals surface area (Å²) in [6.07, 6.45) is 2.24. The van der Waals surface area contributed by atoms with E-state index in [0.29, 0.717) is 35.9 Å². The zero-order valence-electron chi connectivity index (χ0n) is 22.4. The molecule has 1 fully saturated rings. The SMILES string of the molecule is CCOC(=O)C1=C(C2CCN(C(=O)OC(C)(C)C)C(C)C2)NC(c2nccs2)=NC1c1ccc(F)c(F)c1Cl. The van der Waals surface area contributed by atoms with E-state index in [0.717, 1.165) is 6.07 Å². The lowest BCUT2D eigenvalue weighted by Crippen LogP contribution is -2.48. The van der Waals surface area contributed by atoms with Crippen LogP contribution in [0, 0.1) is 17.6 Å². The standard InChI is InChI=1S/C27H31ClF2N4O4S/c1-6-37-25(35)18-21(15-9-11-34(14(2)13-15)26(36)38-27(3,4)5)32-23(24-31-10-12-39-24)33-22(18)16-7-8-17(29)20(30)19(16)28/h7-8,10,12,14-15,22H,6,9,11,13H2,1-5H3,(H,32,33). The normalized spacial score (nSPS) is 21.8. The van der Waals surface area contributed by atoms with Gasteiger partial charge >= 0.3 is 12.1 Å². The first-order valence-corrected chi connectivity index (χ1v) is 14.0. The van der Waals surface area contributed by atoms with Crippen molar-refractivity contribution in [1.29, 1.82) is 0 Å². The Morgan fingerprint density at radius 1 is 1.28 bits per heavy atom. The van der Waals surface area contributed by atoms with Gasteiger partial charge in [0.15, 0.2) is 22.5 Å². The van der Waals surface area contributed by atoms with Gasteiger partial charge in [-0.05, 0) is 53.5 Å². The molecule has 3 atom stereocenters. The Morgan fingerprint density at radius 2 is 2.03 bits per heavy atom. The maximum atomic E-state index is 14.6. The second-order valence-electron chi connectivity index (χ2n) is 10.4. The Balaban J connectivity index is 1.78. The quantitative estimate of drug-likeness (QED) is 0.343. The van der Waals surface area contributed by atoms with Crippen LogP contribution in [0.4, 0.5) is 13.6 Å². The molecule has 2 aliphatic heterocycles. The minimum absolute atomic E-state index is 0.102. The molecule has 1 aromatic carbocycles. The summed E-state index contributed by atoms with van der Waals surface area (Å²) in [4.78, 5) is 36.9. The maximum absolute atomic E-state index is 14.6. The number of amidine groups is 1. The number of carbonyl (C=O) groups excluding carboxylic acids is 2. The molecule has 0 saturated carbocycles. The maximum Gasteiger partial charge on any atom is 0.410 e. The van der Waals surface area contributed by atoms with Gasteiger partial charge in [-0.3, -0.25) is 4.99 Å². The van der Waals surface area contributed by atoms with Crippen molar-refractivity contribution in [1.82, 2.24) is 15.2 Å². The summed E-state index contributed by atoms with van der Waals surface area (Å²) in [6.45, 7) is 9.53. The molecule has 1 N–H and O–H groups in total. The molecule has 0 aliphatic carbocycles. The van der Waals surface area contributed by atoms with Crippen LogP contribution in [0.15, 0.2) is 40.0 Å². The minimum Gasteiger partial charge on any atom is -0.463 e. The summed E-state index contributed by atoms with van der Waals surface area (Å²) in [5, 5.41) is 5.17. The van der Waals surface area contributed by atoms with Gasteiger partial charge in [-0.1, -0.05) is 17.7 Å². The van der Waals surface area contributed by atoms with Crippen LogP contribution < -0.4 is 5.32 Å². The highest BCUT2D eigenvalue weighted by Crippen LogP contribution is 2.41. The molecule has 4 rings (SSSR count). The minimum atomic E-state index is -1.22. The van der Waals surface area contributed by atoms with Crippen molar-refractivity contribution in [2.24, 2.45) is 10.9 Å². The Hall–Kier alpha value is -3.05. The number of nitrogens with one attached hydrogen (secondary N) is 1. The third kappa shape index (κ3) is 6.24. The fourth-order valence-electron chi connectivity index (χ4n) is 4.77. The van der Waals surface area contributed by atoms with Crippen molar-refractivity contribution >= 4 is 40.8 Å². The third-order valence-electron chi connectivity index (χ3n) is 6.48. The molecule has 1 saturated heterocycles. The van der Waals surface area contributed by atoms with E-state index in [-0.39, 0.29) is 29.7 Å². The summed E-state index contributed by atoms with van der Waals surface area (Å²) in [5.41, 5.74) is 0.197. The molecule has 0 bridgehead atoms. The van der Waals surface area contributed by atoms with Gasteiger partial charge in [-0.2, -0.15) is 0 Å². The molecule has 0 spiro atoms. The largest absolute Gasteiger partial charge is 0.463 e. The topological polar surface area (TPSA) is 93.1 Å². The van der Waals surface area contributed by atoms with Crippen molar-refractivity contribution in [3.8, 4) is 0 Å². The van der Waals surface area contributed by atoms with Crippen LogP contribution >= 0.6 is 22.9 Å². The first-order chi connectivity index (χ1) is 18.4. The lowest BCUT2D eigenvalue weighted by Gasteiger charge is -2.40.